The van der Waals surface area contributed by atoms with E-state index in [1.54, 1.807) is 0 Å². The number of thiophene rings is 1. The summed E-state index contributed by atoms with van der Waals surface area (Å²) >= 11 is 5.57. The van der Waals surface area contributed by atoms with Crippen molar-refractivity contribution in [2.24, 2.45) is 0 Å². The number of nitrogens with zero attached hydrogens (tertiary/aromatic N) is 2. The SMILES string of the molecule is C=C(c1c(C)sc(C)c1Br)N1CCN(c2ccccc2)CC1. The molecule has 116 valence electrons. The molecular formula is C18H21BrN2S. The lowest BCUT2D eigenvalue weighted by atomic mass is 10.1. The Morgan fingerprint density at radius 3 is 2.23 bits per heavy atom. The van der Waals surface area contributed by atoms with E-state index in [2.05, 4.69) is 76.5 Å². The third kappa shape index (κ3) is 2.95. The van der Waals surface area contributed by atoms with Gasteiger partial charge in [-0.3, -0.25) is 0 Å². The summed E-state index contributed by atoms with van der Waals surface area (Å²) in [5.41, 5.74) is 3.76. The molecular weight excluding hydrogens is 356 g/mol. The molecule has 1 fully saturated rings. The maximum atomic E-state index is 4.37. The van der Waals surface area contributed by atoms with Crippen LogP contribution in [-0.4, -0.2) is 31.1 Å². The smallest absolute Gasteiger partial charge is 0.0407 e. The Labute approximate surface area is 145 Å². The molecule has 0 aliphatic carbocycles. The summed E-state index contributed by atoms with van der Waals surface area (Å²) < 4.78 is 1.21. The molecule has 0 amide bonds. The highest BCUT2D eigenvalue weighted by Gasteiger charge is 2.22. The van der Waals surface area contributed by atoms with Crippen molar-refractivity contribution >= 4 is 38.7 Å². The second-order valence-corrected chi connectivity index (χ2v) is 7.88. The molecule has 1 aromatic heterocycles. The summed E-state index contributed by atoms with van der Waals surface area (Å²) in [5, 5.41) is 0. The third-order valence-electron chi connectivity index (χ3n) is 4.26. The fourth-order valence-corrected chi connectivity index (χ4v) is 4.89. The molecule has 3 rings (SSSR count). The van der Waals surface area contributed by atoms with Gasteiger partial charge < -0.3 is 9.80 Å². The zero-order valence-corrected chi connectivity index (χ0v) is 15.5. The molecule has 0 unspecified atom stereocenters. The first-order valence-electron chi connectivity index (χ1n) is 7.57. The number of rotatable bonds is 3. The minimum absolute atomic E-state index is 1.02. The van der Waals surface area contributed by atoms with Crippen molar-refractivity contribution in [3.8, 4) is 0 Å². The topological polar surface area (TPSA) is 6.48 Å². The molecule has 1 aliphatic rings. The lowest BCUT2D eigenvalue weighted by molar-refractivity contribution is 0.368. The van der Waals surface area contributed by atoms with Crippen LogP contribution >= 0.6 is 27.3 Å². The van der Waals surface area contributed by atoms with Gasteiger partial charge in [0.25, 0.3) is 0 Å². The second-order valence-electron chi connectivity index (χ2n) is 5.66. The molecule has 0 bridgehead atoms. The van der Waals surface area contributed by atoms with E-state index >= 15 is 0 Å². The quantitative estimate of drug-likeness (QED) is 0.749. The van der Waals surface area contributed by atoms with Gasteiger partial charge in [0.15, 0.2) is 0 Å². The van der Waals surface area contributed by atoms with Gasteiger partial charge in [-0.15, -0.1) is 11.3 Å². The molecule has 2 aromatic rings. The Bertz CT molecular complexity index is 670. The van der Waals surface area contributed by atoms with E-state index < -0.39 is 0 Å². The predicted molar refractivity (Wildman–Crippen MR) is 101 cm³/mol. The van der Waals surface area contributed by atoms with Gasteiger partial charge in [-0.2, -0.15) is 0 Å². The van der Waals surface area contributed by atoms with E-state index in [1.165, 1.54) is 25.5 Å². The number of benzene rings is 1. The Morgan fingerprint density at radius 2 is 1.68 bits per heavy atom. The number of aryl methyl sites for hydroxylation is 2. The van der Waals surface area contributed by atoms with Crippen molar-refractivity contribution in [3.63, 3.8) is 0 Å². The van der Waals surface area contributed by atoms with Crippen LogP contribution in [0.25, 0.3) is 5.70 Å². The van der Waals surface area contributed by atoms with Gasteiger partial charge in [0, 0.05) is 57.4 Å². The standard InChI is InChI=1S/C18H21BrN2S/c1-13(17-14(2)22-15(3)18(17)19)20-9-11-21(12-10-20)16-7-5-4-6-8-16/h4-8H,1,9-12H2,2-3H3. The number of hydrogen-bond donors (Lipinski definition) is 0. The molecule has 1 saturated heterocycles. The Morgan fingerprint density at radius 1 is 1.05 bits per heavy atom. The second kappa shape index (κ2) is 6.47. The van der Waals surface area contributed by atoms with Gasteiger partial charge in [-0.1, -0.05) is 24.8 Å². The number of halogens is 1. The van der Waals surface area contributed by atoms with Crippen molar-refractivity contribution in [1.29, 1.82) is 0 Å². The van der Waals surface area contributed by atoms with Crippen LogP contribution in [0.15, 0.2) is 41.4 Å². The molecule has 0 atom stereocenters. The number of para-hydroxylation sites is 1. The zero-order valence-electron chi connectivity index (χ0n) is 13.1. The molecule has 0 N–H and O–H groups in total. The molecule has 2 nitrogen and oxygen atoms in total. The summed E-state index contributed by atoms with van der Waals surface area (Å²) in [6, 6.07) is 10.7. The first-order valence-corrected chi connectivity index (χ1v) is 9.18. The highest BCUT2D eigenvalue weighted by atomic mass is 79.9. The fourth-order valence-electron chi connectivity index (χ4n) is 3.02. The minimum Gasteiger partial charge on any atom is -0.368 e. The monoisotopic (exact) mass is 376 g/mol. The Kier molecular flexibility index (Phi) is 4.59. The van der Waals surface area contributed by atoms with Crippen LogP contribution in [0.5, 0.6) is 0 Å². The van der Waals surface area contributed by atoms with E-state index in [9.17, 15) is 0 Å². The number of anilines is 1. The molecule has 1 aliphatic heterocycles. The van der Waals surface area contributed by atoms with Gasteiger partial charge in [-0.05, 0) is 41.9 Å². The van der Waals surface area contributed by atoms with Crippen LogP contribution in [0.1, 0.15) is 15.3 Å². The number of piperazine rings is 1. The van der Waals surface area contributed by atoms with E-state index in [0.717, 1.165) is 31.9 Å². The Balaban J connectivity index is 1.70. The maximum Gasteiger partial charge on any atom is 0.0407 e. The molecule has 0 saturated carbocycles. The van der Waals surface area contributed by atoms with Crippen LogP contribution in [0.2, 0.25) is 0 Å². The van der Waals surface area contributed by atoms with Gasteiger partial charge in [-0.25, -0.2) is 0 Å². The van der Waals surface area contributed by atoms with Crippen molar-refractivity contribution in [2.45, 2.75) is 13.8 Å². The average Bonchev–Trinajstić information content (AvgIpc) is 2.80. The molecule has 0 spiro atoms. The maximum absolute atomic E-state index is 4.37. The van der Waals surface area contributed by atoms with E-state index in [1.807, 2.05) is 11.3 Å². The first-order chi connectivity index (χ1) is 10.6. The van der Waals surface area contributed by atoms with Gasteiger partial charge >= 0.3 is 0 Å². The van der Waals surface area contributed by atoms with Crippen molar-refractivity contribution < 1.29 is 0 Å². The highest BCUT2D eigenvalue weighted by molar-refractivity contribution is 9.10. The number of hydrogen-bond acceptors (Lipinski definition) is 3. The van der Waals surface area contributed by atoms with Crippen LogP contribution < -0.4 is 4.90 Å². The summed E-state index contributed by atoms with van der Waals surface area (Å²) in [4.78, 5) is 7.54. The van der Waals surface area contributed by atoms with Crippen LogP contribution in [0.3, 0.4) is 0 Å². The molecule has 1 aromatic carbocycles. The van der Waals surface area contributed by atoms with Gasteiger partial charge in [0.1, 0.15) is 0 Å². The molecule has 22 heavy (non-hydrogen) atoms. The van der Waals surface area contributed by atoms with E-state index in [-0.39, 0.29) is 0 Å². The molecule has 2 heterocycles. The van der Waals surface area contributed by atoms with E-state index in [0.29, 0.717) is 0 Å². The lowest BCUT2D eigenvalue weighted by Crippen LogP contribution is -2.45. The minimum atomic E-state index is 1.02. The Hall–Kier alpha value is -1.26. The van der Waals surface area contributed by atoms with Crippen LogP contribution in [0.4, 0.5) is 5.69 Å². The first kappa shape index (κ1) is 15.6. The zero-order chi connectivity index (χ0) is 15.7. The van der Waals surface area contributed by atoms with Crippen molar-refractivity contribution in [1.82, 2.24) is 4.90 Å². The van der Waals surface area contributed by atoms with Gasteiger partial charge in [0.2, 0.25) is 0 Å². The summed E-state index contributed by atoms with van der Waals surface area (Å²) in [7, 11) is 0. The summed E-state index contributed by atoms with van der Waals surface area (Å²) in [6.45, 7) is 12.8. The predicted octanol–water partition coefficient (Wildman–Crippen LogP) is 4.92. The molecule has 0 radical (unpaired) electrons. The normalized spacial score (nSPS) is 15.2. The fraction of sp³-hybridized carbons (Fsp3) is 0.333. The van der Waals surface area contributed by atoms with Gasteiger partial charge in [0.05, 0.1) is 0 Å². The molecule has 4 heteroatoms. The summed E-state index contributed by atoms with van der Waals surface area (Å²) in [6.07, 6.45) is 0. The van der Waals surface area contributed by atoms with Crippen LogP contribution in [0, 0.1) is 13.8 Å². The average molecular weight is 377 g/mol. The largest absolute Gasteiger partial charge is 0.368 e. The third-order valence-corrected chi connectivity index (χ3v) is 6.53. The van der Waals surface area contributed by atoms with Crippen molar-refractivity contribution in [2.75, 3.05) is 31.1 Å². The lowest BCUT2D eigenvalue weighted by Gasteiger charge is -2.38. The van der Waals surface area contributed by atoms with E-state index in [4.69, 9.17) is 0 Å². The van der Waals surface area contributed by atoms with Crippen LogP contribution in [-0.2, 0) is 0 Å². The van der Waals surface area contributed by atoms with Crippen molar-refractivity contribution in [3.05, 3.63) is 56.7 Å². The highest BCUT2D eigenvalue weighted by Crippen LogP contribution is 2.37. The summed E-state index contributed by atoms with van der Waals surface area (Å²) in [5.74, 6) is 0.